The van der Waals surface area contributed by atoms with E-state index in [0.29, 0.717) is 0 Å². The predicted molar refractivity (Wildman–Crippen MR) is 305 cm³/mol. The number of hydrogen-bond donors (Lipinski definition) is 0. The van der Waals surface area contributed by atoms with E-state index in [-0.39, 0.29) is 0 Å². The zero-order valence-corrected chi connectivity index (χ0v) is 39.3. The van der Waals surface area contributed by atoms with Crippen molar-refractivity contribution in [3.8, 4) is 22.5 Å². The third kappa shape index (κ3) is 6.69. The van der Waals surface area contributed by atoms with Crippen molar-refractivity contribution in [3.05, 3.63) is 279 Å². The summed E-state index contributed by atoms with van der Waals surface area (Å²) >= 11 is 0. The molecular formula is C68H46N4. The molecule has 4 nitrogen and oxygen atoms in total. The van der Waals surface area contributed by atoms with Gasteiger partial charge in [-0.1, -0.05) is 182 Å². The summed E-state index contributed by atoms with van der Waals surface area (Å²) in [6.07, 6.45) is 0. The number of anilines is 6. The lowest BCUT2D eigenvalue weighted by Gasteiger charge is -2.28. The van der Waals surface area contributed by atoms with Gasteiger partial charge in [0.2, 0.25) is 0 Å². The van der Waals surface area contributed by atoms with Gasteiger partial charge in [-0.05, 0) is 108 Å². The van der Waals surface area contributed by atoms with Gasteiger partial charge < -0.3 is 18.9 Å². The molecular weight excluding hydrogens is 873 g/mol. The number of rotatable bonds is 9. The summed E-state index contributed by atoms with van der Waals surface area (Å²) in [5, 5.41) is 9.76. The predicted octanol–water partition coefficient (Wildman–Crippen LogP) is 18.8. The van der Waals surface area contributed by atoms with Gasteiger partial charge in [-0.3, -0.25) is 0 Å². The van der Waals surface area contributed by atoms with Crippen LogP contribution in [-0.2, 0) is 0 Å². The van der Waals surface area contributed by atoms with Crippen molar-refractivity contribution in [3.63, 3.8) is 0 Å². The molecule has 72 heavy (non-hydrogen) atoms. The quantitative estimate of drug-likeness (QED) is 0.143. The molecule has 338 valence electrons. The van der Waals surface area contributed by atoms with Crippen LogP contribution in [0.4, 0.5) is 34.1 Å². The second kappa shape index (κ2) is 17.1. The van der Waals surface area contributed by atoms with Crippen LogP contribution in [0.25, 0.3) is 87.7 Å². The van der Waals surface area contributed by atoms with Crippen LogP contribution in [-0.4, -0.2) is 9.13 Å². The van der Waals surface area contributed by atoms with Crippen molar-refractivity contribution >= 4 is 99.3 Å². The smallest absolute Gasteiger partial charge is 0.0542 e. The molecule has 0 saturated heterocycles. The summed E-state index contributed by atoms with van der Waals surface area (Å²) in [4.78, 5) is 4.78. The zero-order chi connectivity index (χ0) is 47.5. The van der Waals surface area contributed by atoms with E-state index in [9.17, 15) is 0 Å². The van der Waals surface area contributed by atoms with E-state index in [4.69, 9.17) is 0 Å². The largest absolute Gasteiger partial charge is 0.310 e. The van der Waals surface area contributed by atoms with Crippen LogP contribution in [0, 0.1) is 0 Å². The maximum atomic E-state index is 2.43. The van der Waals surface area contributed by atoms with Crippen LogP contribution in [0.1, 0.15) is 0 Å². The van der Waals surface area contributed by atoms with Gasteiger partial charge in [0.25, 0.3) is 0 Å². The van der Waals surface area contributed by atoms with E-state index in [0.717, 1.165) is 56.6 Å². The topological polar surface area (TPSA) is 16.3 Å². The molecule has 0 spiro atoms. The highest BCUT2D eigenvalue weighted by atomic mass is 15.2. The fourth-order valence-electron chi connectivity index (χ4n) is 11.3. The van der Waals surface area contributed by atoms with Crippen molar-refractivity contribution in [2.45, 2.75) is 0 Å². The van der Waals surface area contributed by atoms with Crippen LogP contribution in [0.15, 0.2) is 279 Å². The lowest BCUT2D eigenvalue weighted by Crippen LogP contribution is -2.11. The molecule has 2 heterocycles. The average Bonchev–Trinajstić information content (AvgIpc) is 3.97. The standard InChI is InChI=1S/C68H46N4/c1-3-19-49(20-4-1)69(65-43-45-67(59-25-9-7-23-57(59)65)71-61-31-15-11-27-53(61)54-28-12-16-32-62(54)71)51-39-35-47(36-40-51)48-37-41-52(42-38-48)70(50-21-5-2-6-22-50)66-44-46-68(60-26-10-8-24-58(60)66)72-63-33-17-13-29-55(63)56-30-14-18-34-64(56)72/h1-46H. The Balaban J connectivity index is 0.839. The van der Waals surface area contributed by atoms with Crippen molar-refractivity contribution in [1.29, 1.82) is 0 Å². The molecule has 0 saturated carbocycles. The van der Waals surface area contributed by atoms with E-state index in [1.807, 2.05) is 0 Å². The lowest BCUT2D eigenvalue weighted by atomic mass is 10.0. The van der Waals surface area contributed by atoms with Gasteiger partial charge in [-0.15, -0.1) is 0 Å². The SMILES string of the molecule is c1ccc(N(c2ccc(-c3ccc(N(c4ccccc4)c4ccc(-n5c6ccccc6c6ccccc65)c5ccccc45)cc3)cc2)c2ccc(-n3c4ccccc4c4ccccc43)c3ccccc23)cc1. The first kappa shape index (κ1) is 41.3. The molecule has 0 unspecified atom stereocenters. The van der Waals surface area contributed by atoms with E-state index in [2.05, 4.69) is 298 Å². The molecule has 0 aliphatic rings. The molecule has 14 rings (SSSR count). The number of aromatic nitrogens is 2. The zero-order valence-electron chi connectivity index (χ0n) is 39.3. The molecule has 0 bridgehead atoms. The Kier molecular flexibility index (Phi) is 9.82. The molecule has 0 fully saturated rings. The fourth-order valence-corrected chi connectivity index (χ4v) is 11.3. The second-order valence-electron chi connectivity index (χ2n) is 18.5. The number of nitrogens with zero attached hydrogens (tertiary/aromatic N) is 4. The summed E-state index contributed by atoms with van der Waals surface area (Å²) in [6.45, 7) is 0. The number of fused-ring (bicyclic) bond motifs is 8. The summed E-state index contributed by atoms with van der Waals surface area (Å²) in [7, 11) is 0. The van der Waals surface area contributed by atoms with Crippen LogP contribution in [0.2, 0.25) is 0 Å². The van der Waals surface area contributed by atoms with Gasteiger partial charge in [-0.2, -0.15) is 0 Å². The van der Waals surface area contributed by atoms with Crippen molar-refractivity contribution in [1.82, 2.24) is 9.13 Å². The molecule has 0 atom stereocenters. The summed E-state index contributed by atoms with van der Waals surface area (Å²) in [6, 6.07) is 101. The highest BCUT2D eigenvalue weighted by Gasteiger charge is 2.22. The summed E-state index contributed by atoms with van der Waals surface area (Å²) < 4.78 is 4.85. The van der Waals surface area contributed by atoms with Gasteiger partial charge in [0.1, 0.15) is 0 Å². The van der Waals surface area contributed by atoms with Gasteiger partial charge in [0.15, 0.2) is 0 Å². The van der Waals surface area contributed by atoms with Gasteiger partial charge in [0, 0.05) is 65.8 Å². The molecule has 0 N–H and O–H groups in total. The summed E-state index contributed by atoms with van der Waals surface area (Å²) in [5.41, 5.74) is 16.0. The molecule has 0 radical (unpaired) electrons. The maximum absolute atomic E-state index is 2.43. The highest BCUT2D eigenvalue weighted by Crippen LogP contribution is 2.45. The third-order valence-corrected chi connectivity index (χ3v) is 14.5. The van der Waals surface area contributed by atoms with Crippen LogP contribution in [0.5, 0.6) is 0 Å². The monoisotopic (exact) mass is 918 g/mol. The first-order chi connectivity index (χ1) is 35.8. The Morgan fingerprint density at radius 3 is 0.792 bits per heavy atom. The molecule has 12 aromatic carbocycles. The molecule has 0 aliphatic carbocycles. The Morgan fingerprint density at radius 1 is 0.194 bits per heavy atom. The van der Waals surface area contributed by atoms with Crippen molar-refractivity contribution < 1.29 is 0 Å². The molecule has 0 amide bonds. The van der Waals surface area contributed by atoms with Crippen LogP contribution >= 0.6 is 0 Å². The first-order valence-corrected chi connectivity index (χ1v) is 24.7. The van der Waals surface area contributed by atoms with Crippen LogP contribution in [0.3, 0.4) is 0 Å². The number of para-hydroxylation sites is 6. The molecule has 4 heteroatoms. The van der Waals surface area contributed by atoms with E-state index < -0.39 is 0 Å². The van der Waals surface area contributed by atoms with Gasteiger partial charge >= 0.3 is 0 Å². The molecule has 0 aliphatic heterocycles. The third-order valence-electron chi connectivity index (χ3n) is 14.5. The van der Waals surface area contributed by atoms with Crippen LogP contribution < -0.4 is 9.80 Å². The Morgan fingerprint density at radius 2 is 0.458 bits per heavy atom. The number of hydrogen-bond acceptors (Lipinski definition) is 2. The number of benzene rings is 12. The Labute approximate surface area is 417 Å². The average molecular weight is 919 g/mol. The van der Waals surface area contributed by atoms with Gasteiger partial charge in [0.05, 0.1) is 44.8 Å². The first-order valence-electron chi connectivity index (χ1n) is 24.7. The minimum atomic E-state index is 1.09. The van der Waals surface area contributed by atoms with Gasteiger partial charge in [-0.25, -0.2) is 0 Å². The highest BCUT2D eigenvalue weighted by molar-refractivity contribution is 6.13. The second-order valence-corrected chi connectivity index (χ2v) is 18.5. The maximum Gasteiger partial charge on any atom is 0.0542 e. The van der Waals surface area contributed by atoms with Crippen molar-refractivity contribution in [2.75, 3.05) is 9.80 Å². The fraction of sp³-hybridized carbons (Fsp3) is 0. The Bertz CT molecular complexity index is 3930. The normalized spacial score (nSPS) is 11.6. The minimum absolute atomic E-state index is 1.09. The van der Waals surface area contributed by atoms with E-state index >= 15 is 0 Å². The minimum Gasteiger partial charge on any atom is -0.310 e. The van der Waals surface area contributed by atoms with Crippen molar-refractivity contribution in [2.24, 2.45) is 0 Å². The lowest BCUT2D eigenvalue weighted by molar-refractivity contribution is 1.19. The van der Waals surface area contributed by atoms with E-state index in [1.54, 1.807) is 0 Å². The van der Waals surface area contributed by atoms with E-state index in [1.165, 1.54) is 65.2 Å². The summed E-state index contributed by atoms with van der Waals surface area (Å²) in [5.74, 6) is 0. The molecule has 2 aromatic heterocycles. The molecule has 14 aromatic rings. The Hall–Kier alpha value is -9.64.